The standard InChI is InChI=1S/C48H82O17/c1-21-31(51)34(54)36(56)40(59-21)63-38-33(53)25(20-49)61-42(39(38)64-41-37(57)35(55)32(52)22(2)60-41)62-28-13-15-45(7)26(43(28,3)4)12-17-46(8)27(45)19-24(50)30-23(11-16-47(30,46)9)48(10)18-14-29(65-48)44(5,6)58/h21-42,49-58H,11-20H2,1-10H3/t21-,22-,23-,24+,25+,26+,27+,28-,29-,30-,31-,32-,33+,34+,35+,36+,37+,38-,39+,40-,41-,42-,45-,46+,47+,48-/m0/s1. The topological polar surface area (TPSA) is 267 Å². The molecule has 0 amide bonds. The Morgan fingerprint density at radius 1 is 0.585 bits per heavy atom. The molecule has 0 unspecified atom stereocenters. The SMILES string of the molecule is C[C@@H]1O[C@@H](O[C@H]2[C@H](O[C@H]3CC[C@@]4(C)[C@H](CC[C@]5(C)[C@@H]4C[C@@H](O)[C@@H]4[C@@H]([C@]6(C)CC[C@@H](C(C)(C)O)O6)CC[C@]45C)C3(C)C)O[C@H](CO)[C@@H](O)[C@@H]2O[C@@H]2O[C@@H](C)[C@H](O)[C@@H](O)[C@H]2O)[C@H](O)[C@H](O)[C@H]1O. The van der Waals surface area contributed by atoms with Gasteiger partial charge in [-0.2, -0.15) is 0 Å². The van der Waals surface area contributed by atoms with E-state index < -0.39 is 128 Å². The fraction of sp³-hybridized carbons (Fsp3) is 1.00. The maximum Gasteiger partial charge on any atom is 0.187 e. The van der Waals surface area contributed by atoms with Gasteiger partial charge in [0, 0.05) is 0 Å². The van der Waals surface area contributed by atoms with E-state index in [1.54, 1.807) is 0 Å². The lowest BCUT2D eigenvalue weighted by atomic mass is 9.35. The highest BCUT2D eigenvalue weighted by Gasteiger charge is 2.72. The molecule has 4 heterocycles. The Labute approximate surface area is 384 Å². The number of hydrogen-bond donors (Lipinski definition) is 10. The second-order valence-electron chi connectivity index (χ2n) is 23.8. The van der Waals surface area contributed by atoms with E-state index in [0.717, 1.165) is 44.9 Å². The largest absolute Gasteiger partial charge is 0.394 e. The van der Waals surface area contributed by atoms with E-state index in [1.165, 1.54) is 13.8 Å². The van der Waals surface area contributed by atoms with Crippen molar-refractivity contribution < 1.29 is 84.2 Å². The second-order valence-corrected chi connectivity index (χ2v) is 23.8. The first-order valence-electron chi connectivity index (χ1n) is 24.5. The zero-order valence-corrected chi connectivity index (χ0v) is 40.1. The number of fused-ring (bicyclic) bond motifs is 5. The molecule has 4 saturated carbocycles. The van der Waals surface area contributed by atoms with Gasteiger partial charge in [-0.05, 0) is 138 Å². The van der Waals surface area contributed by atoms with E-state index in [-0.39, 0.29) is 46.0 Å². The highest BCUT2D eigenvalue weighted by molar-refractivity contribution is 5.21. The maximum atomic E-state index is 12.5. The van der Waals surface area contributed by atoms with Gasteiger partial charge in [-0.25, -0.2) is 0 Å². The molecule has 0 spiro atoms. The summed E-state index contributed by atoms with van der Waals surface area (Å²) in [7, 11) is 0. The molecule has 10 N–H and O–H groups in total. The number of ether oxygens (including phenoxy) is 7. The van der Waals surface area contributed by atoms with E-state index in [2.05, 4.69) is 41.5 Å². The van der Waals surface area contributed by atoms with Crippen molar-refractivity contribution in [1.29, 1.82) is 0 Å². The molecule has 17 heteroatoms. The van der Waals surface area contributed by atoms with E-state index in [4.69, 9.17) is 33.2 Å². The summed E-state index contributed by atoms with van der Waals surface area (Å²) in [6, 6.07) is 0. The van der Waals surface area contributed by atoms with Crippen molar-refractivity contribution in [3.05, 3.63) is 0 Å². The fourth-order valence-electron chi connectivity index (χ4n) is 15.5. The van der Waals surface area contributed by atoms with Crippen LogP contribution in [0.15, 0.2) is 0 Å². The van der Waals surface area contributed by atoms with Gasteiger partial charge in [0.1, 0.15) is 61.0 Å². The summed E-state index contributed by atoms with van der Waals surface area (Å²) in [5.74, 6) is 0.562. The smallest absolute Gasteiger partial charge is 0.187 e. The Bertz CT molecular complexity index is 1680. The van der Waals surface area contributed by atoms with Crippen molar-refractivity contribution >= 4 is 0 Å². The molecule has 0 radical (unpaired) electrons. The Morgan fingerprint density at radius 3 is 1.71 bits per heavy atom. The van der Waals surface area contributed by atoms with E-state index >= 15 is 0 Å². The van der Waals surface area contributed by atoms with Crippen LogP contribution in [-0.2, 0) is 33.2 Å². The first kappa shape index (κ1) is 50.7. The van der Waals surface area contributed by atoms with Crippen molar-refractivity contribution in [1.82, 2.24) is 0 Å². The van der Waals surface area contributed by atoms with Crippen LogP contribution >= 0.6 is 0 Å². The predicted molar refractivity (Wildman–Crippen MR) is 230 cm³/mol. The van der Waals surface area contributed by atoms with Crippen molar-refractivity contribution in [2.45, 2.75) is 249 Å². The van der Waals surface area contributed by atoms with Gasteiger partial charge < -0.3 is 84.2 Å². The first-order chi connectivity index (χ1) is 30.1. The summed E-state index contributed by atoms with van der Waals surface area (Å²) >= 11 is 0. The van der Waals surface area contributed by atoms with Crippen LogP contribution in [0.1, 0.15) is 127 Å². The third-order valence-corrected chi connectivity index (χ3v) is 19.5. The lowest BCUT2D eigenvalue weighted by molar-refractivity contribution is -0.397. The lowest BCUT2D eigenvalue weighted by Gasteiger charge is -2.71. The third kappa shape index (κ3) is 8.11. The predicted octanol–water partition coefficient (Wildman–Crippen LogP) is 1.24. The van der Waals surface area contributed by atoms with Gasteiger partial charge in [0.15, 0.2) is 18.9 Å². The molecule has 4 aliphatic heterocycles. The van der Waals surface area contributed by atoms with Crippen molar-refractivity contribution in [3.8, 4) is 0 Å². The zero-order chi connectivity index (χ0) is 47.7. The Morgan fingerprint density at radius 2 is 1.15 bits per heavy atom. The van der Waals surface area contributed by atoms with Crippen molar-refractivity contribution in [2.24, 2.45) is 45.3 Å². The number of aliphatic hydroxyl groups is 10. The molecule has 0 bridgehead atoms. The minimum Gasteiger partial charge on any atom is -0.394 e. The summed E-state index contributed by atoms with van der Waals surface area (Å²) in [6.45, 7) is 19.8. The van der Waals surface area contributed by atoms with Gasteiger partial charge in [0.2, 0.25) is 0 Å². The Hall–Kier alpha value is -0.680. The molecule has 4 saturated heterocycles. The highest BCUT2D eigenvalue weighted by Crippen LogP contribution is 2.76. The quantitative estimate of drug-likeness (QED) is 0.146. The van der Waals surface area contributed by atoms with Gasteiger partial charge >= 0.3 is 0 Å². The molecule has 0 aromatic carbocycles. The van der Waals surface area contributed by atoms with Crippen LogP contribution in [0.4, 0.5) is 0 Å². The number of hydrogen-bond acceptors (Lipinski definition) is 17. The monoisotopic (exact) mass is 931 g/mol. The summed E-state index contributed by atoms with van der Waals surface area (Å²) in [5, 5.41) is 110. The van der Waals surface area contributed by atoms with E-state index in [9.17, 15) is 51.1 Å². The van der Waals surface area contributed by atoms with E-state index in [0.29, 0.717) is 12.8 Å². The summed E-state index contributed by atoms with van der Waals surface area (Å²) in [4.78, 5) is 0. The average Bonchev–Trinajstić information content (AvgIpc) is 3.84. The molecule has 8 rings (SSSR count). The summed E-state index contributed by atoms with van der Waals surface area (Å²) in [6.07, 6.45) is -16.0. The molecule has 0 aromatic heterocycles. The molecule has 8 aliphatic rings. The molecule has 17 nitrogen and oxygen atoms in total. The van der Waals surface area contributed by atoms with Gasteiger partial charge in [0.25, 0.3) is 0 Å². The van der Waals surface area contributed by atoms with Crippen LogP contribution in [0, 0.1) is 45.3 Å². The van der Waals surface area contributed by atoms with Crippen LogP contribution in [0.2, 0.25) is 0 Å². The molecule has 26 atom stereocenters. The van der Waals surface area contributed by atoms with Crippen molar-refractivity contribution in [3.63, 3.8) is 0 Å². The van der Waals surface area contributed by atoms with Crippen LogP contribution in [0.3, 0.4) is 0 Å². The van der Waals surface area contributed by atoms with Gasteiger partial charge in [-0.1, -0.05) is 34.6 Å². The normalized spacial score (nSPS) is 57.0. The van der Waals surface area contributed by atoms with E-state index in [1.807, 2.05) is 13.8 Å². The van der Waals surface area contributed by atoms with Crippen LogP contribution < -0.4 is 0 Å². The van der Waals surface area contributed by atoms with Crippen molar-refractivity contribution in [2.75, 3.05) is 6.61 Å². The second kappa shape index (κ2) is 17.6. The highest BCUT2D eigenvalue weighted by atomic mass is 16.8. The minimum absolute atomic E-state index is 0.0585. The Balaban J connectivity index is 1.06. The zero-order valence-electron chi connectivity index (χ0n) is 40.1. The first-order valence-corrected chi connectivity index (χ1v) is 24.5. The fourth-order valence-corrected chi connectivity index (χ4v) is 15.5. The summed E-state index contributed by atoms with van der Waals surface area (Å²) < 4.78 is 44.3. The molecule has 4 aliphatic carbocycles. The van der Waals surface area contributed by atoms with Crippen LogP contribution in [-0.4, -0.2) is 179 Å². The van der Waals surface area contributed by atoms with Gasteiger partial charge in [-0.15, -0.1) is 0 Å². The molecule has 8 fully saturated rings. The third-order valence-electron chi connectivity index (χ3n) is 19.5. The minimum atomic E-state index is -1.76. The number of aliphatic hydroxyl groups excluding tert-OH is 9. The molecule has 65 heavy (non-hydrogen) atoms. The summed E-state index contributed by atoms with van der Waals surface area (Å²) in [5.41, 5.74) is -2.29. The van der Waals surface area contributed by atoms with Gasteiger partial charge in [0.05, 0.1) is 48.3 Å². The average molecular weight is 931 g/mol. The Kier molecular flexibility index (Phi) is 13.7. The molecule has 376 valence electrons. The molecular formula is C48H82O17. The molecule has 0 aromatic rings. The van der Waals surface area contributed by atoms with Gasteiger partial charge in [-0.3, -0.25) is 0 Å². The van der Waals surface area contributed by atoms with Crippen LogP contribution in [0.5, 0.6) is 0 Å². The molecular weight excluding hydrogens is 849 g/mol. The van der Waals surface area contributed by atoms with Crippen LogP contribution in [0.25, 0.3) is 0 Å². The number of rotatable bonds is 9. The maximum absolute atomic E-state index is 12.5. The lowest BCUT2D eigenvalue weighted by Crippen LogP contribution is -2.68.